The maximum Gasteiger partial charge on any atom is 0.161 e. The van der Waals surface area contributed by atoms with Crippen LogP contribution in [0.4, 0.5) is 10.1 Å². The van der Waals surface area contributed by atoms with Crippen molar-refractivity contribution in [3.05, 3.63) is 59.4 Å². The summed E-state index contributed by atoms with van der Waals surface area (Å²) in [5.74, 6) is 1.23. The third-order valence-corrected chi connectivity index (χ3v) is 6.07. The van der Waals surface area contributed by atoms with Gasteiger partial charge in [-0.1, -0.05) is 0 Å². The fraction of sp³-hybridized carbons (Fsp3) is 0.318. The van der Waals surface area contributed by atoms with Crippen molar-refractivity contribution in [2.75, 3.05) is 45.3 Å². The second-order valence-electron chi connectivity index (χ2n) is 6.95. The molecule has 0 bridgehead atoms. The minimum Gasteiger partial charge on any atom is -0.493 e. The average molecular weight is 414 g/mol. The lowest BCUT2D eigenvalue weighted by molar-refractivity contribution is 0.247. The number of ether oxygens (including phenoxy) is 2. The van der Waals surface area contributed by atoms with E-state index in [0.29, 0.717) is 11.5 Å². The van der Waals surface area contributed by atoms with Gasteiger partial charge in [-0.15, -0.1) is 11.3 Å². The summed E-state index contributed by atoms with van der Waals surface area (Å²) >= 11 is 1.64. The second-order valence-corrected chi connectivity index (χ2v) is 7.81. The average Bonchev–Trinajstić information content (AvgIpc) is 3.23. The fourth-order valence-electron chi connectivity index (χ4n) is 3.53. The van der Waals surface area contributed by atoms with E-state index in [4.69, 9.17) is 14.5 Å². The lowest BCUT2D eigenvalue weighted by atomic mass is 10.2. The van der Waals surface area contributed by atoms with E-state index in [1.165, 1.54) is 12.1 Å². The number of rotatable bonds is 6. The van der Waals surface area contributed by atoms with Gasteiger partial charge in [0.25, 0.3) is 0 Å². The van der Waals surface area contributed by atoms with E-state index in [0.717, 1.165) is 54.7 Å². The molecule has 152 valence electrons. The highest BCUT2D eigenvalue weighted by Gasteiger charge is 2.18. The molecule has 2 heterocycles. The number of methoxy groups -OCH3 is 2. The number of halogens is 1. The number of benzene rings is 2. The van der Waals surface area contributed by atoms with Crippen molar-refractivity contribution in [3.8, 4) is 22.1 Å². The van der Waals surface area contributed by atoms with Crippen LogP contribution < -0.4 is 14.4 Å². The number of hydrogen-bond acceptors (Lipinski definition) is 6. The second kappa shape index (κ2) is 8.80. The Morgan fingerprint density at radius 1 is 0.966 bits per heavy atom. The van der Waals surface area contributed by atoms with Crippen LogP contribution in [-0.2, 0) is 6.54 Å². The molecule has 1 aromatic heterocycles. The zero-order chi connectivity index (χ0) is 20.2. The maximum absolute atomic E-state index is 13.1. The molecule has 0 saturated carbocycles. The van der Waals surface area contributed by atoms with Crippen molar-refractivity contribution >= 4 is 17.0 Å². The highest BCUT2D eigenvalue weighted by Crippen LogP contribution is 2.33. The summed E-state index contributed by atoms with van der Waals surface area (Å²) < 4.78 is 23.8. The number of aromatic nitrogens is 1. The molecule has 0 atom stereocenters. The number of piperazine rings is 1. The molecule has 0 radical (unpaired) electrons. The molecule has 2 aromatic carbocycles. The summed E-state index contributed by atoms with van der Waals surface area (Å²) in [6, 6.07) is 12.6. The van der Waals surface area contributed by atoms with Gasteiger partial charge in [-0.05, 0) is 42.5 Å². The van der Waals surface area contributed by atoms with Crippen LogP contribution in [-0.4, -0.2) is 50.3 Å². The van der Waals surface area contributed by atoms with Gasteiger partial charge < -0.3 is 14.4 Å². The molecule has 0 unspecified atom stereocenters. The Hall–Kier alpha value is -2.64. The molecule has 1 fully saturated rings. The molecule has 29 heavy (non-hydrogen) atoms. The molecule has 5 nitrogen and oxygen atoms in total. The van der Waals surface area contributed by atoms with Crippen LogP contribution in [0.3, 0.4) is 0 Å². The first kappa shape index (κ1) is 19.7. The third-order valence-electron chi connectivity index (χ3n) is 5.13. The Morgan fingerprint density at radius 2 is 1.69 bits per heavy atom. The van der Waals surface area contributed by atoms with Crippen molar-refractivity contribution in [3.63, 3.8) is 0 Å². The summed E-state index contributed by atoms with van der Waals surface area (Å²) in [6.07, 6.45) is 0. The monoisotopic (exact) mass is 413 g/mol. The van der Waals surface area contributed by atoms with Gasteiger partial charge >= 0.3 is 0 Å². The first-order valence-corrected chi connectivity index (χ1v) is 10.4. The van der Waals surface area contributed by atoms with Gasteiger partial charge in [-0.2, -0.15) is 0 Å². The van der Waals surface area contributed by atoms with E-state index in [1.54, 1.807) is 25.6 Å². The van der Waals surface area contributed by atoms with Crippen LogP contribution in [0.25, 0.3) is 10.6 Å². The smallest absolute Gasteiger partial charge is 0.161 e. The van der Waals surface area contributed by atoms with Gasteiger partial charge in [-0.25, -0.2) is 9.37 Å². The van der Waals surface area contributed by atoms with E-state index in [1.807, 2.05) is 30.3 Å². The molecule has 1 saturated heterocycles. The molecule has 1 aliphatic rings. The molecule has 1 aliphatic heterocycles. The Morgan fingerprint density at radius 3 is 2.38 bits per heavy atom. The van der Waals surface area contributed by atoms with Gasteiger partial charge in [0.1, 0.15) is 10.8 Å². The van der Waals surface area contributed by atoms with Gasteiger partial charge in [0.15, 0.2) is 11.5 Å². The molecule has 7 heteroatoms. The van der Waals surface area contributed by atoms with Crippen LogP contribution >= 0.6 is 11.3 Å². The molecular weight excluding hydrogens is 389 g/mol. The number of nitrogens with zero attached hydrogens (tertiary/aromatic N) is 3. The van der Waals surface area contributed by atoms with Crippen LogP contribution in [0.15, 0.2) is 47.8 Å². The van der Waals surface area contributed by atoms with Crippen molar-refractivity contribution in [1.29, 1.82) is 0 Å². The molecule has 0 N–H and O–H groups in total. The van der Waals surface area contributed by atoms with Crippen LogP contribution in [0, 0.1) is 5.82 Å². The van der Waals surface area contributed by atoms with Gasteiger partial charge in [-0.3, -0.25) is 4.90 Å². The maximum atomic E-state index is 13.1. The Balaban J connectivity index is 1.37. The largest absolute Gasteiger partial charge is 0.493 e. The normalized spacial score (nSPS) is 14.8. The summed E-state index contributed by atoms with van der Waals surface area (Å²) in [7, 11) is 3.27. The molecule has 4 rings (SSSR count). The standard InChI is InChI=1S/C22H24FN3O2S/c1-27-20-8-3-16(13-21(20)28-2)22-24-18(15-29-22)14-25-9-11-26(12-10-25)19-6-4-17(23)5-7-19/h3-8,13,15H,9-12,14H2,1-2H3. The lowest BCUT2D eigenvalue weighted by Gasteiger charge is -2.35. The topological polar surface area (TPSA) is 37.8 Å². The van der Waals surface area contributed by atoms with Gasteiger partial charge in [0.05, 0.1) is 19.9 Å². The quantitative estimate of drug-likeness (QED) is 0.603. The minimum atomic E-state index is -0.193. The predicted octanol–water partition coefficient (Wildman–Crippen LogP) is 4.29. The Bertz CT molecular complexity index is 953. The number of anilines is 1. The van der Waals surface area contributed by atoms with Gasteiger partial charge in [0, 0.05) is 49.4 Å². The van der Waals surface area contributed by atoms with E-state index in [-0.39, 0.29) is 5.82 Å². The Kier molecular flexibility index (Phi) is 5.97. The van der Waals surface area contributed by atoms with Crippen molar-refractivity contribution in [2.24, 2.45) is 0 Å². The SMILES string of the molecule is COc1ccc(-c2nc(CN3CCN(c4ccc(F)cc4)CC3)cs2)cc1OC. The van der Waals surface area contributed by atoms with E-state index in [9.17, 15) is 4.39 Å². The lowest BCUT2D eigenvalue weighted by Crippen LogP contribution is -2.46. The predicted molar refractivity (Wildman–Crippen MR) is 115 cm³/mol. The van der Waals surface area contributed by atoms with Crippen molar-refractivity contribution < 1.29 is 13.9 Å². The summed E-state index contributed by atoms with van der Waals surface area (Å²) in [5.41, 5.74) is 3.19. The number of hydrogen-bond donors (Lipinski definition) is 0. The van der Waals surface area contributed by atoms with Crippen LogP contribution in [0.5, 0.6) is 11.5 Å². The molecule has 0 spiro atoms. The van der Waals surface area contributed by atoms with Crippen molar-refractivity contribution in [1.82, 2.24) is 9.88 Å². The summed E-state index contributed by atoms with van der Waals surface area (Å²) in [6.45, 7) is 4.61. The number of thiazole rings is 1. The zero-order valence-corrected chi connectivity index (χ0v) is 17.4. The van der Waals surface area contributed by atoms with Crippen LogP contribution in [0.2, 0.25) is 0 Å². The summed E-state index contributed by atoms with van der Waals surface area (Å²) in [4.78, 5) is 9.53. The molecule has 3 aromatic rings. The minimum absolute atomic E-state index is 0.193. The van der Waals surface area contributed by atoms with Gasteiger partial charge in [0.2, 0.25) is 0 Å². The third kappa shape index (κ3) is 4.52. The van der Waals surface area contributed by atoms with Crippen molar-refractivity contribution in [2.45, 2.75) is 6.54 Å². The molecule has 0 aliphatic carbocycles. The first-order valence-electron chi connectivity index (χ1n) is 9.56. The Labute approximate surface area is 174 Å². The molecule has 0 amide bonds. The van der Waals surface area contributed by atoms with E-state index in [2.05, 4.69) is 15.2 Å². The van der Waals surface area contributed by atoms with E-state index < -0.39 is 0 Å². The highest BCUT2D eigenvalue weighted by atomic mass is 32.1. The van der Waals surface area contributed by atoms with E-state index >= 15 is 0 Å². The fourth-order valence-corrected chi connectivity index (χ4v) is 4.33. The summed E-state index contributed by atoms with van der Waals surface area (Å²) in [5, 5.41) is 3.10. The highest BCUT2D eigenvalue weighted by molar-refractivity contribution is 7.13. The zero-order valence-electron chi connectivity index (χ0n) is 16.6. The van der Waals surface area contributed by atoms with Crippen LogP contribution in [0.1, 0.15) is 5.69 Å². The molecular formula is C22H24FN3O2S. The first-order chi connectivity index (χ1) is 14.2.